The Morgan fingerprint density at radius 2 is 2.00 bits per heavy atom. The summed E-state index contributed by atoms with van der Waals surface area (Å²) in [5, 5.41) is 3.07. The number of rotatable bonds is 1. The predicted octanol–water partition coefficient (Wildman–Crippen LogP) is 1.37. The Labute approximate surface area is 97.2 Å². The van der Waals surface area contributed by atoms with Crippen LogP contribution in [0.4, 0.5) is 13.6 Å². The van der Waals surface area contributed by atoms with E-state index in [-0.39, 0.29) is 5.75 Å². The third kappa shape index (κ3) is 2.91. The summed E-state index contributed by atoms with van der Waals surface area (Å²) in [5.74, 6) is -1.78. The smallest absolute Gasteiger partial charge is 0.407 e. The molecule has 0 radical (unpaired) electrons. The Morgan fingerprint density at radius 1 is 1.29 bits per heavy atom. The highest BCUT2D eigenvalue weighted by molar-refractivity contribution is 5.70. The van der Waals surface area contributed by atoms with Crippen LogP contribution in [0.5, 0.6) is 5.75 Å². The first-order valence-electron chi connectivity index (χ1n) is 5.29. The number of ether oxygens (including phenoxy) is 1. The standard InChI is InChI=1S/C11H12F2N2O2/c12-8-1-2-9(13)10(7-8)17-11(16)15-5-3-14-4-6-15/h1-2,7,14H,3-6H2. The van der Waals surface area contributed by atoms with Gasteiger partial charge >= 0.3 is 6.09 Å². The zero-order valence-electron chi connectivity index (χ0n) is 9.08. The average molecular weight is 242 g/mol. The number of piperazine rings is 1. The van der Waals surface area contributed by atoms with Crippen LogP contribution in [0, 0.1) is 11.6 Å². The quantitative estimate of drug-likeness (QED) is 0.808. The molecule has 1 saturated heterocycles. The molecule has 0 saturated carbocycles. The molecule has 1 N–H and O–H groups in total. The van der Waals surface area contributed by atoms with Gasteiger partial charge in [0, 0.05) is 32.2 Å². The van der Waals surface area contributed by atoms with Gasteiger partial charge < -0.3 is 15.0 Å². The molecule has 1 aliphatic heterocycles. The molecule has 0 aliphatic carbocycles. The first-order chi connectivity index (χ1) is 8.16. The SMILES string of the molecule is O=C(Oc1cc(F)ccc1F)N1CCNCC1. The Morgan fingerprint density at radius 3 is 2.71 bits per heavy atom. The molecule has 1 aliphatic rings. The van der Waals surface area contributed by atoms with Crippen molar-refractivity contribution in [2.75, 3.05) is 26.2 Å². The van der Waals surface area contributed by atoms with Crippen LogP contribution in [-0.4, -0.2) is 37.2 Å². The molecule has 1 amide bonds. The highest BCUT2D eigenvalue weighted by Crippen LogP contribution is 2.18. The van der Waals surface area contributed by atoms with E-state index in [2.05, 4.69) is 5.32 Å². The van der Waals surface area contributed by atoms with Crippen molar-refractivity contribution in [3.05, 3.63) is 29.8 Å². The maximum Gasteiger partial charge on any atom is 0.415 e. The zero-order chi connectivity index (χ0) is 12.3. The van der Waals surface area contributed by atoms with Gasteiger partial charge in [0.1, 0.15) is 5.82 Å². The van der Waals surface area contributed by atoms with E-state index in [0.717, 1.165) is 18.2 Å². The predicted molar refractivity (Wildman–Crippen MR) is 56.8 cm³/mol. The minimum absolute atomic E-state index is 0.381. The Bertz CT molecular complexity index is 420. The number of nitrogens with one attached hydrogen (secondary N) is 1. The second-order valence-electron chi connectivity index (χ2n) is 3.68. The third-order valence-electron chi connectivity index (χ3n) is 2.47. The first kappa shape index (κ1) is 11.8. The average Bonchev–Trinajstić information content (AvgIpc) is 2.35. The Hall–Kier alpha value is -1.69. The number of amides is 1. The minimum Gasteiger partial charge on any atom is -0.407 e. The van der Waals surface area contributed by atoms with E-state index in [4.69, 9.17) is 4.74 Å². The van der Waals surface area contributed by atoms with Crippen LogP contribution < -0.4 is 10.1 Å². The summed E-state index contributed by atoms with van der Waals surface area (Å²) in [6.07, 6.45) is -0.656. The molecule has 92 valence electrons. The summed E-state index contributed by atoms with van der Waals surface area (Å²) in [5.41, 5.74) is 0. The molecule has 0 bridgehead atoms. The van der Waals surface area contributed by atoms with Gasteiger partial charge in [0.2, 0.25) is 0 Å². The van der Waals surface area contributed by atoms with Crippen molar-refractivity contribution in [3.8, 4) is 5.75 Å². The van der Waals surface area contributed by atoms with Crippen molar-refractivity contribution < 1.29 is 18.3 Å². The largest absolute Gasteiger partial charge is 0.415 e. The van der Waals surface area contributed by atoms with E-state index in [1.54, 1.807) is 0 Å². The summed E-state index contributed by atoms with van der Waals surface area (Å²) in [7, 11) is 0. The molecule has 0 unspecified atom stereocenters. The normalized spacial score (nSPS) is 15.8. The van der Waals surface area contributed by atoms with Crippen LogP contribution in [-0.2, 0) is 0 Å². The second-order valence-corrected chi connectivity index (χ2v) is 3.68. The Balaban J connectivity index is 2.04. The molecule has 0 aromatic heterocycles. The van der Waals surface area contributed by atoms with E-state index in [1.165, 1.54) is 4.90 Å². The van der Waals surface area contributed by atoms with Gasteiger partial charge in [-0.25, -0.2) is 13.6 Å². The minimum atomic E-state index is -0.755. The first-order valence-corrected chi connectivity index (χ1v) is 5.29. The topological polar surface area (TPSA) is 41.6 Å². The lowest BCUT2D eigenvalue weighted by molar-refractivity contribution is 0.144. The Kier molecular flexibility index (Phi) is 3.53. The van der Waals surface area contributed by atoms with Crippen molar-refractivity contribution in [3.63, 3.8) is 0 Å². The molecule has 2 rings (SSSR count). The molecule has 0 atom stereocenters. The van der Waals surface area contributed by atoms with Gasteiger partial charge in [0.25, 0.3) is 0 Å². The van der Waals surface area contributed by atoms with E-state index >= 15 is 0 Å². The number of hydrogen-bond acceptors (Lipinski definition) is 3. The van der Waals surface area contributed by atoms with Gasteiger partial charge in [-0.2, -0.15) is 0 Å². The number of carbonyl (C=O) groups excluding carboxylic acids is 1. The molecule has 1 fully saturated rings. The maximum absolute atomic E-state index is 13.2. The molecule has 1 aromatic rings. The highest BCUT2D eigenvalue weighted by Gasteiger charge is 2.19. The van der Waals surface area contributed by atoms with Gasteiger partial charge in [-0.1, -0.05) is 0 Å². The lowest BCUT2D eigenvalue weighted by Gasteiger charge is -2.26. The fourth-order valence-electron chi connectivity index (χ4n) is 1.56. The van der Waals surface area contributed by atoms with Gasteiger partial charge in [-0.15, -0.1) is 0 Å². The maximum atomic E-state index is 13.2. The molecular formula is C11H12F2N2O2. The van der Waals surface area contributed by atoms with E-state index in [1.807, 2.05) is 0 Å². The fourth-order valence-corrected chi connectivity index (χ4v) is 1.56. The second kappa shape index (κ2) is 5.09. The van der Waals surface area contributed by atoms with Crippen molar-refractivity contribution in [2.24, 2.45) is 0 Å². The van der Waals surface area contributed by atoms with Crippen LogP contribution in [0.3, 0.4) is 0 Å². The number of carbonyl (C=O) groups is 1. The van der Waals surface area contributed by atoms with Crippen molar-refractivity contribution in [2.45, 2.75) is 0 Å². The van der Waals surface area contributed by atoms with Crippen LogP contribution >= 0.6 is 0 Å². The van der Waals surface area contributed by atoms with E-state index in [9.17, 15) is 13.6 Å². The van der Waals surface area contributed by atoms with Crippen molar-refractivity contribution >= 4 is 6.09 Å². The van der Waals surface area contributed by atoms with Gasteiger partial charge in [-0.3, -0.25) is 0 Å². The highest BCUT2D eigenvalue weighted by atomic mass is 19.1. The number of nitrogens with zero attached hydrogens (tertiary/aromatic N) is 1. The zero-order valence-corrected chi connectivity index (χ0v) is 9.08. The summed E-state index contributed by atoms with van der Waals surface area (Å²) in [6, 6.07) is 2.75. The van der Waals surface area contributed by atoms with Crippen LogP contribution in [0.15, 0.2) is 18.2 Å². The summed E-state index contributed by atoms with van der Waals surface area (Å²) < 4.78 is 30.9. The van der Waals surface area contributed by atoms with Gasteiger partial charge in [-0.05, 0) is 12.1 Å². The van der Waals surface area contributed by atoms with Crippen LogP contribution in [0.1, 0.15) is 0 Å². The monoisotopic (exact) mass is 242 g/mol. The molecule has 1 aromatic carbocycles. The summed E-state index contributed by atoms with van der Waals surface area (Å²) in [6.45, 7) is 2.33. The van der Waals surface area contributed by atoms with E-state index in [0.29, 0.717) is 26.2 Å². The molecule has 17 heavy (non-hydrogen) atoms. The molecular weight excluding hydrogens is 230 g/mol. The van der Waals surface area contributed by atoms with Crippen LogP contribution in [0.25, 0.3) is 0 Å². The molecule has 6 heteroatoms. The molecule has 1 heterocycles. The summed E-state index contributed by atoms with van der Waals surface area (Å²) in [4.78, 5) is 13.1. The van der Waals surface area contributed by atoms with Crippen molar-refractivity contribution in [1.29, 1.82) is 0 Å². The lowest BCUT2D eigenvalue weighted by atomic mass is 10.3. The molecule has 4 nitrogen and oxygen atoms in total. The fraction of sp³-hybridized carbons (Fsp3) is 0.364. The van der Waals surface area contributed by atoms with Gasteiger partial charge in [0.15, 0.2) is 11.6 Å². The number of benzene rings is 1. The number of halogens is 2. The third-order valence-corrected chi connectivity index (χ3v) is 2.47. The lowest BCUT2D eigenvalue weighted by Crippen LogP contribution is -2.47. The molecule has 0 spiro atoms. The summed E-state index contributed by atoms with van der Waals surface area (Å²) >= 11 is 0. The van der Waals surface area contributed by atoms with Crippen molar-refractivity contribution in [1.82, 2.24) is 10.2 Å². The van der Waals surface area contributed by atoms with E-state index < -0.39 is 17.7 Å². The van der Waals surface area contributed by atoms with Crippen LogP contribution in [0.2, 0.25) is 0 Å². The number of hydrogen-bond donors (Lipinski definition) is 1. The van der Waals surface area contributed by atoms with Gasteiger partial charge in [0.05, 0.1) is 0 Å².